The van der Waals surface area contributed by atoms with Crippen molar-refractivity contribution >= 4 is 17.1 Å². The molecule has 8 aromatic carbocycles. The molecule has 1 heteroatoms. The first-order valence-electron chi connectivity index (χ1n) is 19.4. The van der Waals surface area contributed by atoms with E-state index in [9.17, 15) is 0 Å². The highest BCUT2D eigenvalue weighted by Gasteiger charge is 2.39. The van der Waals surface area contributed by atoms with Gasteiger partial charge in [-0.05, 0) is 109 Å². The Labute approximate surface area is 325 Å². The van der Waals surface area contributed by atoms with E-state index < -0.39 is 0 Å². The highest BCUT2D eigenvalue weighted by atomic mass is 15.1. The second kappa shape index (κ2) is 12.6. The van der Waals surface area contributed by atoms with Crippen LogP contribution in [0.1, 0.15) is 49.9 Å². The SMILES string of the molecule is CC1(C)c2ccccc2-c2ccc(N(c3ccc4c(c3)C(C)(C)c3cccc(-c5cccc(-c6ccccc6)c5)c3-4)c3ccccc3-c3ccccc3)cc21. The summed E-state index contributed by atoms with van der Waals surface area (Å²) in [6.45, 7) is 9.52. The Balaban J connectivity index is 1.16. The summed E-state index contributed by atoms with van der Waals surface area (Å²) in [6, 6.07) is 69.5. The van der Waals surface area contributed by atoms with Gasteiger partial charge in [0.15, 0.2) is 0 Å². The lowest BCUT2D eigenvalue weighted by Crippen LogP contribution is -2.18. The van der Waals surface area contributed by atoms with Crippen molar-refractivity contribution in [3.63, 3.8) is 0 Å². The van der Waals surface area contributed by atoms with E-state index in [1.807, 2.05) is 0 Å². The maximum Gasteiger partial charge on any atom is 0.0540 e. The van der Waals surface area contributed by atoms with Crippen molar-refractivity contribution in [3.8, 4) is 55.6 Å². The molecule has 0 spiro atoms. The average molecular weight is 706 g/mol. The van der Waals surface area contributed by atoms with Crippen LogP contribution in [0.5, 0.6) is 0 Å². The number of fused-ring (bicyclic) bond motifs is 6. The normalized spacial score (nSPS) is 14.1. The second-order valence-corrected chi connectivity index (χ2v) is 16.1. The molecule has 264 valence electrons. The molecule has 0 amide bonds. The average Bonchev–Trinajstić information content (AvgIpc) is 3.61. The van der Waals surface area contributed by atoms with E-state index in [0.717, 1.165) is 17.1 Å². The van der Waals surface area contributed by atoms with E-state index in [2.05, 4.69) is 221 Å². The van der Waals surface area contributed by atoms with E-state index in [4.69, 9.17) is 0 Å². The minimum absolute atomic E-state index is 0.109. The van der Waals surface area contributed by atoms with Gasteiger partial charge in [0, 0.05) is 27.8 Å². The first-order valence-corrected chi connectivity index (χ1v) is 19.4. The second-order valence-electron chi connectivity index (χ2n) is 16.1. The molecular weight excluding hydrogens is 663 g/mol. The summed E-state index contributed by atoms with van der Waals surface area (Å²) in [5.74, 6) is 0. The molecule has 0 saturated heterocycles. The van der Waals surface area contributed by atoms with Gasteiger partial charge in [-0.1, -0.05) is 179 Å². The summed E-state index contributed by atoms with van der Waals surface area (Å²) in [5, 5.41) is 0. The van der Waals surface area contributed by atoms with Gasteiger partial charge >= 0.3 is 0 Å². The third-order valence-corrected chi connectivity index (χ3v) is 12.3. The first kappa shape index (κ1) is 33.2. The Kier molecular flexibility index (Phi) is 7.58. The van der Waals surface area contributed by atoms with Gasteiger partial charge in [0.25, 0.3) is 0 Å². The molecule has 0 radical (unpaired) electrons. The summed E-state index contributed by atoms with van der Waals surface area (Å²) in [6.07, 6.45) is 0. The van der Waals surface area contributed by atoms with Crippen LogP contribution in [0.15, 0.2) is 188 Å². The van der Waals surface area contributed by atoms with Gasteiger partial charge in [0.1, 0.15) is 0 Å². The van der Waals surface area contributed by atoms with Gasteiger partial charge in [-0.25, -0.2) is 0 Å². The van der Waals surface area contributed by atoms with Crippen LogP contribution in [0.4, 0.5) is 17.1 Å². The molecule has 1 nitrogen and oxygen atoms in total. The molecule has 55 heavy (non-hydrogen) atoms. The van der Waals surface area contributed by atoms with Gasteiger partial charge in [-0.15, -0.1) is 0 Å². The predicted octanol–water partition coefficient (Wildman–Crippen LogP) is 14.8. The van der Waals surface area contributed by atoms with E-state index in [1.165, 1.54) is 77.9 Å². The molecule has 0 unspecified atom stereocenters. The Morgan fingerprint density at radius 3 is 1.55 bits per heavy atom. The number of benzene rings is 8. The van der Waals surface area contributed by atoms with Crippen LogP contribution in [0.25, 0.3) is 55.6 Å². The van der Waals surface area contributed by atoms with Crippen molar-refractivity contribution in [2.75, 3.05) is 4.90 Å². The molecule has 0 atom stereocenters. The van der Waals surface area contributed by atoms with Crippen LogP contribution in [0.3, 0.4) is 0 Å². The van der Waals surface area contributed by atoms with Crippen LogP contribution in [-0.4, -0.2) is 0 Å². The lowest BCUT2D eigenvalue weighted by atomic mass is 9.81. The van der Waals surface area contributed by atoms with Crippen molar-refractivity contribution < 1.29 is 0 Å². The minimum atomic E-state index is -0.195. The minimum Gasteiger partial charge on any atom is -0.310 e. The molecule has 0 fully saturated rings. The number of anilines is 3. The number of nitrogens with zero attached hydrogens (tertiary/aromatic N) is 1. The highest BCUT2D eigenvalue weighted by Crippen LogP contribution is 2.55. The molecule has 0 N–H and O–H groups in total. The maximum atomic E-state index is 2.49. The predicted molar refractivity (Wildman–Crippen MR) is 233 cm³/mol. The summed E-state index contributed by atoms with van der Waals surface area (Å²) < 4.78 is 0. The summed E-state index contributed by atoms with van der Waals surface area (Å²) in [5.41, 5.74) is 21.4. The van der Waals surface area contributed by atoms with E-state index in [1.54, 1.807) is 0 Å². The molecule has 0 heterocycles. The van der Waals surface area contributed by atoms with Gasteiger partial charge in [0.2, 0.25) is 0 Å². The zero-order valence-electron chi connectivity index (χ0n) is 31.8. The van der Waals surface area contributed by atoms with Gasteiger partial charge in [-0.3, -0.25) is 0 Å². The zero-order valence-corrected chi connectivity index (χ0v) is 31.8. The third kappa shape index (κ3) is 5.22. The molecule has 8 aromatic rings. The summed E-state index contributed by atoms with van der Waals surface area (Å²) in [7, 11) is 0. The molecule has 0 bridgehead atoms. The number of hydrogen-bond acceptors (Lipinski definition) is 1. The van der Waals surface area contributed by atoms with Gasteiger partial charge in [0.05, 0.1) is 5.69 Å². The van der Waals surface area contributed by atoms with Crippen LogP contribution < -0.4 is 4.90 Å². The third-order valence-electron chi connectivity index (χ3n) is 12.3. The number of hydrogen-bond donors (Lipinski definition) is 0. The fourth-order valence-corrected chi connectivity index (χ4v) is 9.44. The maximum absolute atomic E-state index is 2.49. The molecule has 0 aromatic heterocycles. The molecule has 2 aliphatic rings. The van der Waals surface area contributed by atoms with Crippen LogP contribution in [-0.2, 0) is 10.8 Å². The van der Waals surface area contributed by atoms with Crippen LogP contribution in [0.2, 0.25) is 0 Å². The van der Waals surface area contributed by atoms with Crippen molar-refractivity contribution in [1.29, 1.82) is 0 Å². The Morgan fingerprint density at radius 1 is 0.309 bits per heavy atom. The smallest absolute Gasteiger partial charge is 0.0540 e. The summed E-state index contributed by atoms with van der Waals surface area (Å²) >= 11 is 0. The van der Waals surface area contributed by atoms with Crippen molar-refractivity contribution in [2.24, 2.45) is 0 Å². The Morgan fingerprint density at radius 2 is 0.800 bits per heavy atom. The fraction of sp³-hybridized carbons (Fsp3) is 0.111. The number of rotatable bonds is 6. The van der Waals surface area contributed by atoms with E-state index >= 15 is 0 Å². The largest absolute Gasteiger partial charge is 0.310 e. The lowest BCUT2D eigenvalue weighted by molar-refractivity contribution is 0.660. The van der Waals surface area contributed by atoms with Crippen molar-refractivity contribution in [3.05, 3.63) is 210 Å². The number of para-hydroxylation sites is 1. The molecule has 2 aliphatic carbocycles. The van der Waals surface area contributed by atoms with Gasteiger partial charge in [-0.2, -0.15) is 0 Å². The molecule has 0 aliphatic heterocycles. The summed E-state index contributed by atoms with van der Waals surface area (Å²) in [4.78, 5) is 2.49. The topological polar surface area (TPSA) is 3.24 Å². The van der Waals surface area contributed by atoms with E-state index in [0.29, 0.717) is 0 Å². The molecule has 10 rings (SSSR count). The quantitative estimate of drug-likeness (QED) is 0.166. The monoisotopic (exact) mass is 705 g/mol. The standard InChI is InChI=1S/C54H43N/c1-53(2)47-26-13-11-24-44(47)45-31-29-40(34-49(45)53)55(51-28-14-12-23-42(51)37-19-9-6-10-20-37)41-30-32-46-50(35-41)54(3,4)48-27-16-25-43(52(46)48)39-22-15-21-38(33-39)36-17-7-5-8-18-36/h5-35H,1-4H3. The first-order chi connectivity index (χ1) is 26.8. The van der Waals surface area contributed by atoms with Crippen molar-refractivity contribution in [1.82, 2.24) is 0 Å². The fourth-order valence-electron chi connectivity index (χ4n) is 9.44. The van der Waals surface area contributed by atoms with Crippen LogP contribution >= 0.6 is 0 Å². The lowest BCUT2D eigenvalue weighted by Gasteiger charge is -2.31. The van der Waals surface area contributed by atoms with Crippen LogP contribution in [0, 0.1) is 0 Å². The van der Waals surface area contributed by atoms with E-state index in [-0.39, 0.29) is 10.8 Å². The Bertz CT molecular complexity index is 2750. The van der Waals surface area contributed by atoms with Crippen molar-refractivity contribution in [2.45, 2.75) is 38.5 Å². The molecular formula is C54H43N. The highest BCUT2D eigenvalue weighted by molar-refractivity contribution is 5.96. The Hall–Kier alpha value is -6.44. The molecule has 0 saturated carbocycles. The zero-order chi connectivity index (χ0) is 37.3. The van der Waals surface area contributed by atoms with Gasteiger partial charge < -0.3 is 4.90 Å².